The van der Waals surface area contributed by atoms with Crippen LogP contribution in [0.1, 0.15) is 144 Å². The van der Waals surface area contributed by atoms with Crippen molar-refractivity contribution in [3.8, 4) is 56.0 Å². The number of benzene rings is 6. The van der Waals surface area contributed by atoms with E-state index in [2.05, 4.69) is 30.9 Å². The number of aromatic nitrogens is 3. The van der Waals surface area contributed by atoms with Gasteiger partial charge in [0.15, 0.2) is 5.58 Å². The number of nitrogens with zero attached hydrogens (tertiary/aromatic N) is 6. The molecular formula is C94H91BCl3F12N9O13S. The van der Waals surface area contributed by atoms with Gasteiger partial charge in [-0.3, -0.25) is 24.5 Å². The van der Waals surface area contributed by atoms with E-state index < -0.39 is 94.9 Å². The van der Waals surface area contributed by atoms with Gasteiger partial charge < -0.3 is 68.2 Å². The molecule has 0 aliphatic carbocycles. The molecular weight excluding hydrogens is 1840 g/mol. The van der Waals surface area contributed by atoms with Crippen molar-refractivity contribution < 1.29 is 114 Å². The van der Waals surface area contributed by atoms with Gasteiger partial charge in [-0.2, -0.15) is 0 Å². The highest BCUT2D eigenvalue weighted by molar-refractivity contribution is 7.80. The van der Waals surface area contributed by atoms with Crippen LogP contribution in [0.15, 0.2) is 177 Å². The zero-order valence-corrected chi connectivity index (χ0v) is 76.2. The van der Waals surface area contributed by atoms with Crippen LogP contribution in [0.25, 0.3) is 88.9 Å². The van der Waals surface area contributed by atoms with Gasteiger partial charge in [0.1, 0.15) is 85.1 Å². The number of alkyl carbamates (subject to hydrolysis) is 3. The van der Waals surface area contributed by atoms with Crippen LogP contribution >= 0.6 is 47.0 Å². The minimum absolute atomic E-state index is 0.00174. The number of piperidine rings is 3. The second-order valence-electron chi connectivity index (χ2n) is 34.1. The van der Waals surface area contributed by atoms with E-state index in [0.29, 0.717) is 117 Å². The van der Waals surface area contributed by atoms with Crippen molar-refractivity contribution in [2.45, 2.75) is 155 Å². The van der Waals surface area contributed by atoms with Gasteiger partial charge in [-0.15, -0.1) is 23.2 Å². The maximum atomic E-state index is 14.9. The normalized spacial score (nSPS) is 14.6. The standard InChI is InChI=1S/C31H29F4N3O4.C31H29F4N3O3S.C25H26ClF2N3O4.C6H5BF2O2.CH2Cl2/c1-30(2,3)42-29(40)37-17-22-13-20-12-19(14-24(27(20)41-22)23-6-5-21(32)15-25(23)33)26-7-4-18(16-36-26)28(39)38-10-8-31(34,35)9-11-38;1-30(2,3)41-29(39)37-17-22-13-20-12-19(14-24(27(20)40-22)23-6-5-21(32)15-25(23)33)26-7-4-18(16-36-26)28(42)38-10-8-31(34,35)9-11-38;1-24(2,3)35-23(33)30-14-18-11-17-10-16(12-19(26)21(17)34-18)20-5-4-15(13-29-20)22(32)31-8-6-25(27,28)7-9-31;8-4-1-2-5(7(10)11)6(9)3-4;2-1-3/h4-7,12-16H,8-11,17H2,1-3H3,(H,37,40);4-7,12-16H,8-11,17H2,1-3H3,(H,37,39);4-5,10-13H,6-9,14H2,1-3H3,(H,30,33);1-3,10-11H;1H2. The van der Waals surface area contributed by atoms with Gasteiger partial charge >= 0.3 is 25.4 Å². The molecule has 0 unspecified atom stereocenters. The van der Waals surface area contributed by atoms with E-state index in [1.807, 2.05) is 12.1 Å². The number of hydrogen-bond acceptors (Lipinski definition) is 17. The monoisotopic (exact) mass is 1930 g/mol. The number of fused-ring (bicyclic) bond motifs is 3. The number of pyridine rings is 3. The number of ether oxygens (including phenoxy) is 3. The van der Waals surface area contributed by atoms with E-state index in [1.165, 1.54) is 34.3 Å². The van der Waals surface area contributed by atoms with Gasteiger partial charge in [-0.05, 0) is 184 Å². The smallest absolute Gasteiger partial charge is 0.459 e. The molecule has 5 amide bonds. The largest absolute Gasteiger partial charge is 0.491 e. The Morgan fingerprint density at radius 1 is 0.421 bits per heavy atom. The molecule has 0 bridgehead atoms. The molecule has 22 nitrogen and oxygen atoms in total. The number of carbonyl (C=O) groups excluding carboxylic acids is 5. The number of hydrogen-bond donors (Lipinski definition) is 5. The van der Waals surface area contributed by atoms with Crippen molar-refractivity contribution in [3.05, 3.63) is 238 Å². The van der Waals surface area contributed by atoms with Crippen LogP contribution in [0.5, 0.6) is 0 Å². The molecule has 12 aromatic rings. The Hall–Kier alpha value is -12.0. The first kappa shape index (κ1) is 102. The number of alkyl halides is 8. The molecule has 39 heteroatoms. The summed E-state index contributed by atoms with van der Waals surface area (Å²) in [7, 11) is -1.89. The fourth-order valence-corrected chi connectivity index (χ4v) is 14.5. The van der Waals surface area contributed by atoms with Crippen molar-refractivity contribution in [2.75, 3.05) is 44.6 Å². The van der Waals surface area contributed by atoms with E-state index in [9.17, 15) is 76.7 Å². The second kappa shape index (κ2) is 42.9. The SMILES string of the molecule is CC(C)(C)OC(=O)NCc1cc2cc(-c3ccc(C(=O)N4CCC(F)(F)CC4)cn3)cc(-c3ccc(F)cc3F)c2o1.CC(C)(C)OC(=O)NCc1cc2cc(-c3ccc(C(=O)N4CCC(F)(F)CC4)cn3)cc(Cl)c2o1.CC(C)(C)OC(=O)NCc1cc2cc(-c3ccc(C(=S)N4CCC(F)(F)CC4)cn3)cc(-c3ccc(F)cc3F)c2o1.ClCCl.OB(O)c1ccc(F)cc1F. The Morgan fingerprint density at radius 2 is 0.729 bits per heavy atom. The number of likely N-dealkylation sites (tertiary alicyclic amines) is 3. The van der Waals surface area contributed by atoms with Crippen molar-refractivity contribution in [1.29, 1.82) is 0 Å². The number of furan rings is 3. The van der Waals surface area contributed by atoms with Gasteiger partial charge in [0.25, 0.3) is 29.6 Å². The highest BCUT2D eigenvalue weighted by Gasteiger charge is 2.39. The number of thiocarbonyl (C=S) groups is 1. The molecule has 3 aliphatic rings. The summed E-state index contributed by atoms with van der Waals surface area (Å²) in [6.45, 7) is 16.3. The number of amides is 5. The Bertz CT molecular complexity index is 5940. The van der Waals surface area contributed by atoms with Crippen LogP contribution in [-0.2, 0) is 33.8 Å². The number of rotatable bonds is 15. The predicted octanol–water partition coefficient (Wildman–Crippen LogP) is 22.3. The minimum atomic E-state index is -2.77. The molecule has 3 fully saturated rings. The summed E-state index contributed by atoms with van der Waals surface area (Å²) < 4.78 is 197. The highest BCUT2D eigenvalue weighted by atomic mass is 35.5. The van der Waals surface area contributed by atoms with Crippen LogP contribution < -0.4 is 21.4 Å². The van der Waals surface area contributed by atoms with Crippen LogP contribution in [0.4, 0.5) is 67.1 Å². The summed E-state index contributed by atoms with van der Waals surface area (Å²) in [6, 6.07) is 34.7. The first-order valence-corrected chi connectivity index (χ1v) is 43.3. The third kappa shape index (κ3) is 28.3. The van der Waals surface area contributed by atoms with E-state index in [0.717, 1.165) is 41.8 Å². The quantitative estimate of drug-likeness (QED) is 0.0210. The number of carbonyl (C=O) groups is 5. The molecule has 0 spiro atoms. The van der Waals surface area contributed by atoms with E-state index >= 15 is 0 Å². The molecule has 133 heavy (non-hydrogen) atoms. The summed E-state index contributed by atoms with van der Waals surface area (Å²) in [4.78, 5) is 80.0. The maximum Gasteiger partial charge on any atom is 0.491 e. The molecule has 5 N–H and O–H groups in total. The molecule has 6 aromatic carbocycles. The summed E-state index contributed by atoms with van der Waals surface area (Å²) in [6.07, 6.45) is 0.667. The van der Waals surface area contributed by atoms with Crippen molar-refractivity contribution in [2.24, 2.45) is 0 Å². The lowest BCUT2D eigenvalue weighted by Gasteiger charge is -2.33. The molecule has 0 radical (unpaired) electrons. The minimum Gasteiger partial charge on any atom is -0.459 e. The molecule has 6 aromatic heterocycles. The number of halogens is 15. The van der Waals surface area contributed by atoms with Crippen molar-refractivity contribution in [3.63, 3.8) is 0 Å². The Labute approximate surface area is 776 Å². The molecule has 9 heterocycles. The molecule has 3 aliphatic heterocycles. The molecule has 15 rings (SSSR count). The zero-order chi connectivity index (χ0) is 97.0. The van der Waals surface area contributed by atoms with E-state index in [-0.39, 0.29) is 137 Å². The topological polar surface area (TPSA) is 277 Å². The lowest BCUT2D eigenvalue weighted by Crippen LogP contribution is -2.42. The molecule has 704 valence electrons. The first-order valence-electron chi connectivity index (χ1n) is 41.5. The summed E-state index contributed by atoms with van der Waals surface area (Å²) in [5.41, 5.74) is 4.51. The molecule has 0 saturated carbocycles. The Balaban J connectivity index is 0.000000179. The van der Waals surface area contributed by atoms with Crippen LogP contribution in [-0.4, -0.2) is 161 Å². The van der Waals surface area contributed by atoms with Gasteiger partial charge in [-0.1, -0.05) is 29.9 Å². The van der Waals surface area contributed by atoms with E-state index in [4.69, 9.17) is 84.5 Å². The van der Waals surface area contributed by atoms with Gasteiger partial charge in [0.2, 0.25) is 0 Å². The Morgan fingerprint density at radius 3 is 1.05 bits per heavy atom. The average Bonchev–Trinajstić information content (AvgIpc) is 1.69. The zero-order valence-electron chi connectivity index (χ0n) is 73.1. The van der Waals surface area contributed by atoms with Crippen molar-refractivity contribution in [1.82, 2.24) is 45.6 Å². The second-order valence-corrected chi connectivity index (χ2v) is 35.7. The predicted molar refractivity (Wildman–Crippen MR) is 484 cm³/mol. The highest BCUT2D eigenvalue weighted by Crippen LogP contribution is 2.42. The first-order chi connectivity index (χ1) is 62.5. The van der Waals surface area contributed by atoms with Crippen LogP contribution in [0.2, 0.25) is 5.02 Å². The van der Waals surface area contributed by atoms with Crippen LogP contribution in [0.3, 0.4) is 0 Å². The average molecular weight is 1930 g/mol. The Kier molecular flexibility index (Phi) is 32.8. The van der Waals surface area contributed by atoms with Crippen LogP contribution in [0, 0.1) is 34.9 Å². The number of nitrogens with one attached hydrogen (secondary N) is 3. The fourth-order valence-electron chi connectivity index (χ4n) is 14.0. The van der Waals surface area contributed by atoms with Gasteiger partial charge in [0.05, 0.1) is 58.2 Å². The van der Waals surface area contributed by atoms with Crippen molar-refractivity contribution >= 4 is 128 Å². The maximum absolute atomic E-state index is 14.9. The molecule has 0 atom stereocenters. The third-order valence-electron chi connectivity index (χ3n) is 20.3. The lowest BCUT2D eigenvalue weighted by molar-refractivity contribution is -0.0503. The lowest BCUT2D eigenvalue weighted by atomic mass is 9.80. The molecule has 3 saturated heterocycles. The summed E-state index contributed by atoms with van der Waals surface area (Å²) in [5, 5.41) is 27.4. The summed E-state index contributed by atoms with van der Waals surface area (Å²) in [5.74, 6) is -12.3. The van der Waals surface area contributed by atoms with Gasteiger partial charge in [0, 0.05) is 181 Å². The third-order valence-corrected chi connectivity index (χ3v) is 21.1. The van der Waals surface area contributed by atoms with Gasteiger partial charge in [-0.25, -0.2) is 67.1 Å². The fraction of sp³-hybridized carbons (Fsp3) is 0.330. The summed E-state index contributed by atoms with van der Waals surface area (Å²) >= 11 is 21.5. The van der Waals surface area contributed by atoms with E-state index in [1.54, 1.807) is 152 Å².